The Bertz CT molecular complexity index is 287. The van der Waals surface area contributed by atoms with Gasteiger partial charge in [-0.15, -0.1) is 0 Å². The van der Waals surface area contributed by atoms with Gasteiger partial charge in [-0.1, -0.05) is 6.07 Å². The number of pyridine rings is 1. The summed E-state index contributed by atoms with van der Waals surface area (Å²) in [5, 5.41) is 2.72. The van der Waals surface area contributed by atoms with Crippen LogP contribution < -0.4 is 5.32 Å². The van der Waals surface area contributed by atoms with Crippen LogP contribution in [0.5, 0.6) is 0 Å². The van der Waals surface area contributed by atoms with E-state index in [1.807, 2.05) is 18.2 Å². The van der Waals surface area contributed by atoms with Crippen molar-refractivity contribution in [3.63, 3.8) is 0 Å². The number of nitrogens with zero attached hydrogens (tertiary/aromatic N) is 1. The summed E-state index contributed by atoms with van der Waals surface area (Å²) in [4.78, 5) is 15.4. The summed E-state index contributed by atoms with van der Waals surface area (Å²) in [6.07, 6.45) is 1.28. The fraction of sp³-hybridized carbons (Fsp3) is 0.400. The van der Waals surface area contributed by atoms with Gasteiger partial charge in [0.15, 0.2) is 0 Å². The molecule has 4 nitrogen and oxygen atoms in total. The van der Waals surface area contributed by atoms with Crippen molar-refractivity contribution >= 4 is 5.91 Å². The molecule has 0 spiro atoms. The number of ether oxygens (including phenoxy) is 1. The second kappa shape index (κ2) is 5.34. The van der Waals surface area contributed by atoms with E-state index in [0.717, 1.165) is 5.69 Å². The smallest absolute Gasteiger partial charge is 0.249 e. The first-order chi connectivity index (χ1) is 6.74. The van der Waals surface area contributed by atoms with Crippen LogP contribution in [0.1, 0.15) is 12.6 Å². The van der Waals surface area contributed by atoms with Crippen LogP contribution >= 0.6 is 0 Å². The van der Waals surface area contributed by atoms with E-state index in [1.54, 1.807) is 13.1 Å². The van der Waals surface area contributed by atoms with Gasteiger partial charge in [0.2, 0.25) is 5.91 Å². The minimum Gasteiger partial charge on any atom is -0.372 e. The fourth-order valence-electron chi connectivity index (χ4n) is 0.931. The highest BCUT2D eigenvalue weighted by Crippen LogP contribution is 1.93. The number of hydrogen-bond acceptors (Lipinski definition) is 3. The Balaban J connectivity index is 2.38. The van der Waals surface area contributed by atoms with Gasteiger partial charge in [-0.25, -0.2) is 0 Å². The molecule has 14 heavy (non-hydrogen) atoms. The average Bonchev–Trinajstić information content (AvgIpc) is 2.26. The molecule has 1 N–H and O–H groups in total. The predicted molar refractivity (Wildman–Crippen MR) is 52.6 cm³/mol. The van der Waals surface area contributed by atoms with Crippen LogP contribution in [-0.2, 0) is 16.1 Å². The van der Waals surface area contributed by atoms with E-state index in [1.165, 1.54) is 7.11 Å². The molecule has 1 amide bonds. The third-order valence-corrected chi connectivity index (χ3v) is 1.89. The molecule has 0 radical (unpaired) electrons. The quantitative estimate of drug-likeness (QED) is 0.768. The summed E-state index contributed by atoms with van der Waals surface area (Å²) in [6, 6.07) is 5.58. The molecule has 0 aliphatic rings. The molecule has 0 aliphatic heterocycles. The number of carbonyl (C=O) groups is 1. The maximum Gasteiger partial charge on any atom is 0.249 e. The number of nitrogens with one attached hydrogen (secondary N) is 1. The first-order valence-corrected chi connectivity index (χ1v) is 4.44. The third kappa shape index (κ3) is 3.14. The molecule has 0 saturated carbocycles. The molecule has 1 atom stereocenters. The molecule has 1 heterocycles. The van der Waals surface area contributed by atoms with Crippen LogP contribution in [-0.4, -0.2) is 24.1 Å². The fourth-order valence-corrected chi connectivity index (χ4v) is 0.931. The number of rotatable bonds is 4. The van der Waals surface area contributed by atoms with Crippen LogP contribution in [0.15, 0.2) is 24.4 Å². The predicted octanol–water partition coefficient (Wildman–Crippen LogP) is 0.733. The molecule has 1 unspecified atom stereocenters. The van der Waals surface area contributed by atoms with E-state index in [2.05, 4.69) is 10.3 Å². The molecule has 1 rings (SSSR count). The Kier molecular flexibility index (Phi) is 4.07. The van der Waals surface area contributed by atoms with Gasteiger partial charge < -0.3 is 10.1 Å². The van der Waals surface area contributed by atoms with Gasteiger partial charge in [-0.3, -0.25) is 9.78 Å². The van der Waals surface area contributed by atoms with Gasteiger partial charge >= 0.3 is 0 Å². The van der Waals surface area contributed by atoms with E-state index in [9.17, 15) is 4.79 Å². The zero-order valence-electron chi connectivity index (χ0n) is 8.36. The van der Waals surface area contributed by atoms with Crippen molar-refractivity contribution in [3.05, 3.63) is 30.1 Å². The number of amides is 1. The lowest BCUT2D eigenvalue weighted by Crippen LogP contribution is -2.33. The van der Waals surface area contributed by atoms with Crippen LogP contribution in [0.25, 0.3) is 0 Å². The zero-order chi connectivity index (χ0) is 10.4. The van der Waals surface area contributed by atoms with Crippen molar-refractivity contribution in [2.45, 2.75) is 19.6 Å². The Morgan fingerprint density at radius 3 is 3.00 bits per heavy atom. The second-order valence-corrected chi connectivity index (χ2v) is 2.92. The van der Waals surface area contributed by atoms with Crippen molar-refractivity contribution in [1.29, 1.82) is 0 Å². The summed E-state index contributed by atoms with van der Waals surface area (Å²) < 4.78 is 4.87. The Morgan fingerprint density at radius 2 is 2.43 bits per heavy atom. The minimum atomic E-state index is -0.418. The van der Waals surface area contributed by atoms with Gasteiger partial charge in [-0.2, -0.15) is 0 Å². The van der Waals surface area contributed by atoms with Crippen LogP contribution in [0.3, 0.4) is 0 Å². The standard InChI is InChI=1S/C10H14N2O2/c1-8(14-2)10(13)12-7-9-5-3-4-6-11-9/h3-6,8H,7H2,1-2H3,(H,12,13). The summed E-state index contributed by atoms with van der Waals surface area (Å²) >= 11 is 0. The van der Waals surface area contributed by atoms with Crippen molar-refractivity contribution in [2.75, 3.05) is 7.11 Å². The molecule has 0 aromatic carbocycles. The van der Waals surface area contributed by atoms with Crippen molar-refractivity contribution in [1.82, 2.24) is 10.3 Å². The summed E-state index contributed by atoms with van der Waals surface area (Å²) in [6.45, 7) is 2.14. The van der Waals surface area contributed by atoms with Crippen molar-refractivity contribution < 1.29 is 9.53 Å². The lowest BCUT2D eigenvalue weighted by Gasteiger charge is -2.09. The van der Waals surface area contributed by atoms with Crippen LogP contribution in [0.4, 0.5) is 0 Å². The maximum atomic E-state index is 11.3. The average molecular weight is 194 g/mol. The SMILES string of the molecule is COC(C)C(=O)NCc1ccccn1. The van der Waals surface area contributed by atoms with Crippen LogP contribution in [0.2, 0.25) is 0 Å². The van der Waals surface area contributed by atoms with E-state index < -0.39 is 6.10 Å². The largest absolute Gasteiger partial charge is 0.372 e. The van der Waals surface area contributed by atoms with Crippen LogP contribution in [0, 0.1) is 0 Å². The molecule has 0 bridgehead atoms. The monoisotopic (exact) mass is 194 g/mol. The molecular formula is C10H14N2O2. The number of carbonyl (C=O) groups excluding carboxylic acids is 1. The third-order valence-electron chi connectivity index (χ3n) is 1.89. The highest BCUT2D eigenvalue weighted by Gasteiger charge is 2.10. The number of aromatic nitrogens is 1. The second-order valence-electron chi connectivity index (χ2n) is 2.92. The van der Waals surface area contributed by atoms with E-state index in [4.69, 9.17) is 4.74 Å². The van der Waals surface area contributed by atoms with Gasteiger partial charge in [0.1, 0.15) is 6.10 Å². The lowest BCUT2D eigenvalue weighted by atomic mass is 10.3. The highest BCUT2D eigenvalue weighted by atomic mass is 16.5. The molecule has 0 aliphatic carbocycles. The molecule has 1 aromatic heterocycles. The first kappa shape index (κ1) is 10.7. The molecule has 0 fully saturated rings. The normalized spacial score (nSPS) is 12.1. The van der Waals surface area contributed by atoms with E-state index in [0.29, 0.717) is 6.54 Å². The molecule has 1 aromatic rings. The topological polar surface area (TPSA) is 51.2 Å². The summed E-state index contributed by atoms with van der Waals surface area (Å²) in [5.74, 6) is -0.127. The number of hydrogen-bond donors (Lipinski definition) is 1. The van der Waals surface area contributed by atoms with E-state index >= 15 is 0 Å². The molecule has 4 heteroatoms. The molecular weight excluding hydrogens is 180 g/mol. The molecule has 76 valence electrons. The van der Waals surface area contributed by atoms with Gasteiger partial charge in [0.05, 0.1) is 12.2 Å². The van der Waals surface area contributed by atoms with Gasteiger partial charge in [0, 0.05) is 13.3 Å². The Morgan fingerprint density at radius 1 is 1.64 bits per heavy atom. The van der Waals surface area contributed by atoms with Gasteiger partial charge in [0.25, 0.3) is 0 Å². The first-order valence-electron chi connectivity index (χ1n) is 4.44. The summed E-state index contributed by atoms with van der Waals surface area (Å²) in [7, 11) is 1.50. The Hall–Kier alpha value is -1.42. The van der Waals surface area contributed by atoms with E-state index in [-0.39, 0.29) is 5.91 Å². The summed E-state index contributed by atoms with van der Waals surface area (Å²) in [5.41, 5.74) is 0.837. The maximum absolute atomic E-state index is 11.3. The van der Waals surface area contributed by atoms with Crippen molar-refractivity contribution in [3.8, 4) is 0 Å². The Labute approximate surface area is 83.3 Å². The highest BCUT2D eigenvalue weighted by molar-refractivity contribution is 5.80. The lowest BCUT2D eigenvalue weighted by molar-refractivity contribution is -0.130. The van der Waals surface area contributed by atoms with Crippen molar-refractivity contribution in [2.24, 2.45) is 0 Å². The molecule has 0 saturated heterocycles. The minimum absolute atomic E-state index is 0.127. The zero-order valence-corrected chi connectivity index (χ0v) is 8.36. The van der Waals surface area contributed by atoms with Gasteiger partial charge in [-0.05, 0) is 19.1 Å². The number of methoxy groups -OCH3 is 1.